The summed E-state index contributed by atoms with van der Waals surface area (Å²) in [6.07, 6.45) is 3.35. The number of ether oxygens (including phenoxy) is 1. The zero-order chi connectivity index (χ0) is 9.23. The molecule has 0 unspecified atom stereocenters. The van der Waals surface area contributed by atoms with Gasteiger partial charge in [0.15, 0.2) is 0 Å². The quantitative estimate of drug-likeness (QED) is 0.440. The molecule has 0 bridgehead atoms. The maximum atomic E-state index is 11.6. The molecule has 0 radical (unpaired) electrons. The van der Waals surface area contributed by atoms with Crippen molar-refractivity contribution >= 4 is 5.97 Å². The zero-order valence-electron chi connectivity index (χ0n) is 7.64. The van der Waals surface area contributed by atoms with Crippen molar-refractivity contribution in [2.45, 2.75) is 39.0 Å². The van der Waals surface area contributed by atoms with Crippen LogP contribution in [0.1, 0.15) is 39.0 Å². The Morgan fingerprint density at radius 2 is 2.08 bits per heavy atom. The number of unbranched alkanes of at least 4 members (excludes halogenated alkanes) is 2. The third-order valence-electron chi connectivity index (χ3n) is 1.53. The number of alkyl halides is 1. The predicted molar refractivity (Wildman–Crippen MR) is 45.7 cm³/mol. The first-order valence-corrected chi connectivity index (χ1v) is 4.52. The molecule has 0 atom stereocenters. The van der Waals surface area contributed by atoms with Gasteiger partial charge in [-0.3, -0.25) is 9.18 Å². The van der Waals surface area contributed by atoms with E-state index in [9.17, 15) is 9.18 Å². The van der Waals surface area contributed by atoms with E-state index in [-0.39, 0.29) is 12.6 Å². The fourth-order valence-electron chi connectivity index (χ4n) is 0.766. The highest BCUT2D eigenvalue weighted by Crippen LogP contribution is 1.99. The zero-order valence-corrected chi connectivity index (χ0v) is 7.64. The van der Waals surface area contributed by atoms with E-state index in [1.54, 1.807) is 0 Å². The minimum atomic E-state index is -0.345. The molecule has 12 heavy (non-hydrogen) atoms. The molecule has 0 saturated carbocycles. The van der Waals surface area contributed by atoms with E-state index in [2.05, 4.69) is 0 Å². The number of hydrogen-bond acceptors (Lipinski definition) is 2. The average molecular weight is 176 g/mol. The third kappa shape index (κ3) is 7.51. The Hall–Kier alpha value is -0.600. The molecular formula is C9H17FO2. The molecule has 0 aromatic heterocycles. The molecule has 3 heteroatoms. The lowest BCUT2D eigenvalue weighted by molar-refractivity contribution is -0.143. The summed E-state index contributed by atoms with van der Waals surface area (Å²) in [5.41, 5.74) is 0. The fraction of sp³-hybridized carbons (Fsp3) is 0.889. The summed E-state index contributed by atoms with van der Waals surface area (Å²) in [7, 11) is 0. The maximum absolute atomic E-state index is 11.6. The van der Waals surface area contributed by atoms with Crippen LogP contribution < -0.4 is 0 Å². The van der Waals surface area contributed by atoms with Crippen LogP contribution in [0.25, 0.3) is 0 Å². The molecule has 0 aliphatic carbocycles. The summed E-state index contributed by atoms with van der Waals surface area (Å²) in [4.78, 5) is 10.8. The van der Waals surface area contributed by atoms with Crippen molar-refractivity contribution in [3.05, 3.63) is 0 Å². The van der Waals surface area contributed by atoms with Crippen molar-refractivity contribution in [2.24, 2.45) is 0 Å². The largest absolute Gasteiger partial charge is 0.466 e. The maximum Gasteiger partial charge on any atom is 0.305 e. The smallest absolute Gasteiger partial charge is 0.305 e. The van der Waals surface area contributed by atoms with Gasteiger partial charge < -0.3 is 4.74 Å². The monoisotopic (exact) mass is 176 g/mol. The molecule has 0 fully saturated rings. The minimum absolute atomic E-state index is 0.197. The first-order valence-electron chi connectivity index (χ1n) is 4.52. The van der Waals surface area contributed by atoms with Gasteiger partial charge in [-0.2, -0.15) is 0 Å². The molecule has 0 amide bonds. The normalized spacial score (nSPS) is 9.83. The van der Waals surface area contributed by atoms with Crippen LogP contribution in [0.15, 0.2) is 0 Å². The van der Waals surface area contributed by atoms with Crippen molar-refractivity contribution in [1.82, 2.24) is 0 Å². The van der Waals surface area contributed by atoms with Crippen molar-refractivity contribution in [3.8, 4) is 0 Å². The Bertz CT molecular complexity index is 103. The Labute approximate surface area is 73.1 Å². The Balaban J connectivity index is 3.10. The summed E-state index contributed by atoms with van der Waals surface area (Å²) in [6, 6.07) is 0. The topological polar surface area (TPSA) is 26.3 Å². The van der Waals surface area contributed by atoms with E-state index in [4.69, 9.17) is 4.74 Å². The second kappa shape index (κ2) is 8.50. The number of rotatable bonds is 7. The van der Waals surface area contributed by atoms with Crippen molar-refractivity contribution in [3.63, 3.8) is 0 Å². The van der Waals surface area contributed by atoms with Gasteiger partial charge in [-0.05, 0) is 19.3 Å². The van der Waals surface area contributed by atoms with Gasteiger partial charge in [0.1, 0.15) is 0 Å². The lowest BCUT2D eigenvalue weighted by Gasteiger charge is -2.02. The number of halogens is 1. The molecule has 0 aliphatic heterocycles. The summed E-state index contributed by atoms with van der Waals surface area (Å²) in [6.45, 7) is 2.20. The average Bonchev–Trinajstić information content (AvgIpc) is 2.06. The number of carbonyl (C=O) groups is 1. The molecule has 0 heterocycles. The standard InChI is InChI=1S/C9H17FO2/c1-2-3-8-12-9(11)6-4-5-7-10/h2-8H2,1H3. The van der Waals surface area contributed by atoms with Crippen molar-refractivity contribution < 1.29 is 13.9 Å². The molecule has 0 N–H and O–H groups in total. The molecule has 0 aromatic rings. The molecule has 0 rings (SSSR count). The van der Waals surface area contributed by atoms with Crippen LogP contribution >= 0.6 is 0 Å². The minimum Gasteiger partial charge on any atom is -0.466 e. The van der Waals surface area contributed by atoms with Gasteiger partial charge >= 0.3 is 5.97 Å². The van der Waals surface area contributed by atoms with Gasteiger partial charge in [0.2, 0.25) is 0 Å². The molecule has 72 valence electrons. The first kappa shape index (κ1) is 11.4. The highest BCUT2D eigenvalue weighted by atomic mass is 19.1. The van der Waals surface area contributed by atoms with Crippen LogP contribution in [-0.2, 0) is 9.53 Å². The highest BCUT2D eigenvalue weighted by molar-refractivity contribution is 5.69. The van der Waals surface area contributed by atoms with E-state index >= 15 is 0 Å². The van der Waals surface area contributed by atoms with Crippen LogP contribution in [-0.4, -0.2) is 19.3 Å². The van der Waals surface area contributed by atoms with Crippen LogP contribution in [0, 0.1) is 0 Å². The van der Waals surface area contributed by atoms with E-state index in [1.165, 1.54) is 0 Å². The first-order chi connectivity index (χ1) is 5.81. The van der Waals surface area contributed by atoms with Gasteiger partial charge in [-0.25, -0.2) is 0 Å². The lowest BCUT2D eigenvalue weighted by atomic mass is 10.2. The van der Waals surface area contributed by atoms with E-state index in [0.29, 0.717) is 25.9 Å². The van der Waals surface area contributed by atoms with Crippen LogP contribution in [0.5, 0.6) is 0 Å². The van der Waals surface area contributed by atoms with Crippen LogP contribution in [0.4, 0.5) is 4.39 Å². The number of hydrogen-bond donors (Lipinski definition) is 0. The van der Waals surface area contributed by atoms with Crippen LogP contribution in [0.2, 0.25) is 0 Å². The van der Waals surface area contributed by atoms with Gasteiger partial charge in [0.25, 0.3) is 0 Å². The van der Waals surface area contributed by atoms with Gasteiger partial charge in [-0.15, -0.1) is 0 Å². The summed E-state index contributed by atoms with van der Waals surface area (Å²) in [5, 5.41) is 0. The molecule has 0 saturated heterocycles. The summed E-state index contributed by atoms with van der Waals surface area (Å²) >= 11 is 0. The molecule has 0 spiro atoms. The SMILES string of the molecule is CCCCOC(=O)CCCCF. The fourth-order valence-corrected chi connectivity index (χ4v) is 0.766. The second-order valence-corrected chi connectivity index (χ2v) is 2.72. The second-order valence-electron chi connectivity index (χ2n) is 2.72. The van der Waals surface area contributed by atoms with Gasteiger partial charge in [0, 0.05) is 6.42 Å². The lowest BCUT2D eigenvalue weighted by Crippen LogP contribution is -2.05. The Morgan fingerprint density at radius 1 is 1.33 bits per heavy atom. The Kier molecular flexibility index (Phi) is 8.07. The highest BCUT2D eigenvalue weighted by Gasteiger charge is 2.00. The number of esters is 1. The van der Waals surface area contributed by atoms with E-state index in [0.717, 1.165) is 12.8 Å². The molecule has 0 aromatic carbocycles. The van der Waals surface area contributed by atoms with Crippen LogP contribution in [0.3, 0.4) is 0 Å². The van der Waals surface area contributed by atoms with E-state index in [1.807, 2.05) is 6.92 Å². The summed E-state index contributed by atoms with van der Waals surface area (Å²) in [5.74, 6) is -0.197. The molecule has 0 aliphatic rings. The van der Waals surface area contributed by atoms with Crippen molar-refractivity contribution in [1.29, 1.82) is 0 Å². The van der Waals surface area contributed by atoms with Gasteiger partial charge in [0.05, 0.1) is 13.3 Å². The van der Waals surface area contributed by atoms with Crippen molar-refractivity contribution in [2.75, 3.05) is 13.3 Å². The van der Waals surface area contributed by atoms with Gasteiger partial charge in [-0.1, -0.05) is 13.3 Å². The summed E-state index contributed by atoms with van der Waals surface area (Å²) < 4.78 is 16.5. The van der Waals surface area contributed by atoms with E-state index < -0.39 is 0 Å². The third-order valence-corrected chi connectivity index (χ3v) is 1.53. The predicted octanol–water partition coefficient (Wildman–Crippen LogP) is 2.47. The number of carbonyl (C=O) groups excluding carboxylic acids is 1. The molecular weight excluding hydrogens is 159 g/mol. The Morgan fingerprint density at radius 3 is 2.67 bits per heavy atom. The molecule has 2 nitrogen and oxygen atoms in total.